The molecule has 128 valence electrons. The van der Waals surface area contributed by atoms with Crippen LogP contribution in [0.4, 0.5) is 0 Å². The fraction of sp³-hybridized carbons (Fsp3) is 0.938. The normalized spacial score (nSPS) is 11.5. The smallest absolute Gasteiger partial charge is 0.188 e. The fourth-order valence-electron chi connectivity index (χ4n) is 1.91. The van der Waals surface area contributed by atoms with Crippen molar-refractivity contribution in [1.29, 1.82) is 0 Å². The minimum absolute atomic E-state index is 0. The molecule has 21 heavy (non-hydrogen) atoms. The Hall–Kier alpha value is -0.0400. The van der Waals surface area contributed by atoms with Gasteiger partial charge in [-0.2, -0.15) is 0 Å². The highest BCUT2D eigenvalue weighted by molar-refractivity contribution is 14.0. The number of aliphatic imine (C=N–C) groups is 1. The summed E-state index contributed by atoms with van der Waals surface area (Å²) in [5.74, 6) is 0.586. The van der Waals surface area contributed by atoms with E-state index in [1.807, 2.05) is 0 Å². The van der Waals surface area contributed by atoms with E-state index in [9.17, 15) is 0 Å². The number of rotatable bonds is 13. The van der Waals surface area contributed by atoms with Gasteiger partial charge in [0.1, 0.15) is 0 Å². The van der Waals surface area contributed by atoms with Crippen LogP contribution in [0.3, 0.4) is 0 Å². The van der Waals surface area contributed by atoms with E-state index >= 15 is 0 Å². The van der Waals surface area contributed by atoms with Crippen molar-refractivity contribution in [1.82, 2.24) is 5.32 Å². The SMILES string of the molecule is CCCCCCCCN=C(N)NCCCCOC(C)C.I. The molecule has 0 atom stereocenters. The predicted molar refractivity (Wildman–Crippen MR) is 104 cm³/mol. The van der Waals surface area contributed by atoms with Crippen molar-refractivity contribution in [2.45, 2.75) is 78.2 Å². The van der Waals surface area contributed by atoms with Crippen LogP contribution in [0, 0.1) is 0 Å². The molecule has 0 fully saturated rings. The molecule has 0 aromatic carbocycles. The first-order valence-corrected chi connectivity index (χ1v) is 8.32. The number of ether oxygens (including phenoxy) is 1. The number of unbranched alkanes of at least 4 members (excludes halogenated alkanes) is 6. The van der Waals surface area contributed by atoms with Crippen molar-refractivity contribution >= 4 is 29.9 Å². The van der Waals surface area contributed by atoms with Crippen LogP contribution in [0.1, 0.15) is 72.1 Å². The molecular formula is C16H36IN3O. The van der Waals surface area contributed by atoms with Gasteiger partial charge in [-0.25, -0.2) is 0 Å². The van der Waals surface area contributed by atoms with E-state index in [-0.39, 0.29) is 24.0 Å². The van der Waals surface area contributed by atoms with E-state index in [2.05, 4.69) is 31.1 Å². The molecule has 0 aliphatic carbocycles. The Kier molecular flexibility index (Phi) is 19.9. The first-order chi connectivity index (χ1) is 9.66. The Labute approximate surface area is 148 Å². The molecule has 3 N–H and O–H groups in total. The summed E-state index contributed by atoms with van der Waals surface area (Å²) in [6.07, 6.45) is 10.2. The van der Waals surface area contributed by atoms with Crippen LogP contribution in [-0.2, 0) is 4.74 Å². The average Bonchev–Trinajstić information content (AvgIpc) is 2.41. The summed E-state index contributed by atoms with van der Waals surface area (Å²) in [7, 11) is 0. The van der Waals surface area contributed by atoms with Crippen molar-refractivity contribution in [2.24, 2.45) is 10.7 Å². The Morgan fingerprint density at radius 3 is 2.38 bits per heavy atom. The number of guanidine groups is 1. The number of nitrogens with two attached hydrogens (primary N) is 1. The molecule has 0 radical (unpaired) electrons. The van der Waals surface area contributed by atoms with Gasteiger partial charge < -0.3 is 15.8 Å². The van der Waals surface area contributed by atoms with E-state index in [4.69, 9.17) is 10.5 Å². The van der Waals surface area contributed by atoms with Gasteiger partial charge in [0.2, 0.25) is 0 Å². The van der Waals surface area contributed by atoms with Crippen molar-refractivity contribution in [3.8, 4) is 0 Å². The van der Waals surface area contributed by atoms with Crippen molar-refractivity contribution in [3.63, 3.8) is 0 Å². The van der Waals surface area contributed by atoms with Crippen LogP contribution < -0.4 is 11.1 Å². The third-order valence-electron chi connectivity index (χ3n) is 3.12. The minimum atomic E-state index is 0. The Morgan fingerprint density at radius 2 is 1.71 bits per heavy atom. The minimum Gasteiger partial charge on any atom is -0.379 e. The fourth-order valence-corrected chi connectivity index (χ4v) is 1.91. The first-order valence-electron chi connectivity index (χ1n) is 8.32. The molecule has 0 aromatic rings. The second-order valence-corrected chi connectivity index (χ2v) is 5.59. The molecule has 0 amide bonds. The second-order valence-electron chi connectivity index (χ2n) is 5.59. The van der Waals surface area contributed by atoms with E-state index in [1.165, 1.54) is 32.1 Å². The number of hydrogen-bond acceptors (Lipinski definition) is 2. The molecule has 0 saturated heterocycles. The molecule has 0 bridgehead atoms. The zero-order valence-electron chi connectivity index (χ0n) is 14.2. The van der Waals surface area contributed by atoms with Crippen LogP contribution in [-0.4, -0.2) is 31.8 Å². The van der Waals surface area contributed by atoms with Gasteiger partial charge in [0.05, 0.1) is 6.10 Å². The lowest BCUT2D eigenvalue weighted by atomic mass is 10.1. The summed E-state index contributed by atoms with van der Waals surface area (Å²) < 4.78 is 5.48. The summed E-state index contributed by atoms with van der Waals surface area (Å²) in [6.45, 7) is 8.92. The molecule has 0 aliphatic heterocycles. The number of nitrogens with one attached hydrogen (secondary N) is 1. The summed E-state index contributed by atoms with van der Waals surface area (Å²) >= 11 is 0. The maximum absolute atomic E-state index is 5.81. The van der Waals surface area contributed by atoms with Crippen LogP contribution in [0.2, 0.25) is 0 Å². The third kappa shape index (κ3) is 20.0. The Morgan fingerprint density at radius 1 is 1.05 bits per heavy atom. The van der Waals surface area contributed by atoms with Crippen LogP contribution >= 0.6 is 24.0 Å². The third-order valence-corrected chi connectivity index (χ3v) is 3.12. The van der Waals surface area contributed by atoms with Gasteiger partial charge in [0.15, 0.2) is 5.96 Å². The van der Waals surface area contributed by atoms with Gasteiger partial charge in [-0.05, 0) is 33.1 Å². The van der Waals surface area contributed by atoms with E-state index in [1.54, 1.807) is 0 Å². The molecule has 0 saturated carbocycles. The zero-order valence-corrected chi connectivity index (χ0v) is 16.5. The van der Waals surface area contributed by atoms with Gasteiger partial charge in [-0.15, -0.1) is 24.0 Å². The lowest BCUT2D eigenvalue weighted by molar-refractivity contribution is 0.0762. The summed E-state index contributed by atoms with van der Waals surface area (Å²) in [6, 6.07) is 0. The Bertz CT molecular complexity index is 236. The Balaban J connectivity index is 0. The van der Waals surface area contributed by atoms with Gasteiger partial charge in [0, 0.05) is 19.7 Å². The zero-order chi connectivity index (χ0) is 15.1. The van der Waals surface area contributed by atoms with Crippen molar-refractivity contribution < 1.29 is 4.74 Å². The maximum atomic E-state index is 5.81. The molecule has 0 spiro atoms. The lowest BCUT2D eigenvalue weighted by Crippen LogP contribution is -2.32. The molecule has 0 aliphatic rings. The van der Waals surface area contributed by atoms with Gasteiger partial charge in [-0.3, -0.25) is 4.99 Å². The van der Waals surface area contributed by atoms with Gasteiger partial charge >= 0.3 is 0 Å². The van der Waals surface area contributed by atoms with Crippen LogP contribution in [0.5, 0.6) is 0 Å². The topological polar surface area (TPSA) is 59.6 Å². The quantitative estimate of drug-likeness (QED) is 0.207. The highest BCUT2D eigenvalue weighted by atomic mass is 127. The van der Waals surface area contributed by atoms with E-state index in [0.717, 1.165) is 39.0 Å². The van der Waals surface area contributed by atoms with Gasteiger partial charge in [-0.1, -0.05) is 39.0 Å². The first kappa shape index (κ1) is 23.2. The van der Waals surface area contributed by atoms with Crippen LogP contribution in [0.15, 0.2) is 4.99 Å². The average molecular weight is 413 g/mol. The molecule has 0 unspecified atom stereocenters. The highest BCUT2D eigenvalue weighted by Crippen LogP contribution is 2.04. The number of nitrogens with zero attached hydrogens (tertiary/aromatic N) is 1. The molecule has 0 heterocycles. The molecular weight excluding hydrogens is 377 g/mol. The lowest BCUT2D eigenvalue weighted by Gasteiger charge is -2.08. The van der Waals surface area contributed by atoms with E-state index in [0.29, 0.717) is 12.1 Å². The monoisotopic (exact) mass is 413 g/mol. The van der Waals surface area contributed by atoms with Crippen LogP contribution in [0.25, 0.3) is 0 Å². The number of halogens is 1. The molecule has 4 nitrogen and oxygen atoms in total. The number of hydrogen-bond donors (Lipinski definition) is 2. The summed E-state index contributed by atoms with van der Waals surface area (Å²) in [4.78, 5) is 4.34. The van der Waals surface area contributed by atoms with Gasteiger partial charge in [0.25, 0.3) is 0 Å². The summed E-state index contributed by atoms with van der Waals surface area (Å²) in [5.41, 5.74) is 5.81. The largest absolute Gasteiger partial charge is 0.379 e. The maximum Gasteiger partial charge on any atom is 0.188 e. The molecule has 5 heteroatoms. The van der Waals surface area contributed by atoms with Crippen molar-refractivity contribution in [3.05, 3.63) is 0 Å². The molecule has 0 rings (SSSR count). The molecule has 0 aromatic heterocycles. The van der Waals surface area contributed by atoms with Crippen molar-refractivity contribution in [2.75, 3.05) is 19.7 Å². The standard InChI is InChI=1S/C16H35N3O.HI/c1-4-5-6-7-8-9-12-18-16(17)19-13-10-11-14-20-15(2)3;/h15H,4-14H2,1-3H3,(H3,17,18,19);1H. The highest BCUT2D eigenvalue weighted by Gasteiger charge is 1.95. The predicted octanol–water partition coefficient (Wildman–Crippen LogP) is 4.07. The summed E-state index contributed by atoms with van der Waals surface area (Å²) in [5, 5.41) is 3.15. The second kappa shape index (κ2) is 18.0. The van der Waals surface area contributed by atoms with E-state index < -0.39 is 0 Å².